The molecule has 3 aromatic rings. The number of aromatic nitrogens is 5. The predicted molar refractivity (Wildman–Crippen MR) is 86.7 cm³/mol. The molecule has 0 atom stereocenters. The van der Waals surface area contributed by atoms with Gasteiger partial charge in [-0.15, -0.1) is 10.2 Å². The van der Waals surface area contributed by atoms with Gasteiger partial charge in [-0.2, -0.15) is 0 Å². The summed E-state index contributed by atoms with van der Waals surface area (Å²) in [7, 11) is 0. The predicted octanol–water partition coefficient (Wildman–Crippen LogP) is 2.31. The van der Waals surface area contributed by atoms with Gasteiger partial charge in [-0.1, -0.05) is 6.07 Å². The molecule has 1 saturated heterocycles. The lowest BCUT2D eigenvalue weighted by molar-refractivity contribution is 0.491. The fourth-order valence-corrected chi connectivity index (χ4v) is 3.23. The van der Waals surface area contributed by atoms with E-state index in [2.05, 4.69) is 37.5 Å². The highest BCUT2D eigenvalue weighted by atomic mass is 15.3. The summed E-state index contributed by atoms with van der Waals surface area (Å²) in [6.45, 7) is 3.94. The molecule has 6 heteroatoms. The molecule has 116 valence electrons. The van der Waals surface area contributed by atoms with Crippen LogP contribution in [0, 0.1) is 6.92 Å². The first-order valence-corrected chi connectivity index (χ1v) is 8.18. The summed E-state index contributed by atoms with van der Waals surface area (Å²) in [6.07, 6.45) is 4.50. The smallest absolute Gasteiger partial charge is 0.160 e. The van der Waals surface area contributed by atoms with Gasteiger partial charge in [0.1, 0.15) is 17.5 Å². The monoisotopic (exact) mass is 306 g/mol. The molecule has 1 aliphatic carbocycles. The zero-order valence-electron chi connectivity index (χ0n) is 13.1. The van der Waals surface area contributed by atoms with Crippen molar-refractivity contribution in [1.29, 1.82) is 0 Å². The highest BCUT2D eigenvalue weighted by Gasteiger charge is 2.34. The molecule has 0 unspecified atom stereocenters. The van der Waals surface area contributed by atoms with Gasteiger partial charge in [-0.05, 0) is 31.9 Å². The molecule has 2 aliphatic rings. The van der Waals surface area contributed by atoms with Crippen molar-refractivity contribution in [2.45, 2.75) is 31.6 Å². The maximum Gasteiger partial charge on any atom is 0.160 e. The molecule has 5 rings (SSSR count). The molecule has 0 aromatic carbocycles. The molecule has 1 saturated carbocycles. The van der Waals surface area contributed by atoms with Gasteiger partial charge in [0.05, 0.1) is 5.92 Å². The number of rotatable bonds is 3. The largest absolute Gasteiger partial charge is 0.355 e. The van der Waals surface area contributed by atoms with Gasteiger partial charge in [0.15, 0.2) is 5.65 Å². The molecule has 1 aliphatic heterocycles. The van der Waals surface area contributed by atoms with Crippen molar-refractivity contribution in [3.05, 3.63) is 47.8 Å². The van der Waals surface area contributed by atoms with Crippen molar-refractivity contribution in [2.24, 2.45) is 0 Å². The number of hydrogen-bond donors (Lipinski definition) is 0. The fraction of sp³-hybridized carbons (Fsp3) is 0.412. The van der Waals surface area contributed by atoms with Crippen LogP contribution in [0.5, 0.6) is 0 Å². The lowest BCUT2D eigenvalue weighted by Crippen LogP contribution is -2.46. The summed E-state index contributed by atoms with van der Waals surface area (Å²) in [5.74, 6) is 4.13. The SMILES string of the molecule is Cc1cc(N2CC(c3nnc4ccccn34)C2)nc(C2CC2)n1. The van der Waals surface area contributed by atoms with Crippen LogP contribution >= 0.6 is 0 Å². The third-order valence-electron chi connectivity index (χ3n) is 4.71. The lowest BCUT2D eigenvalue weighted by atomic mass is 9.99. The molecule has 2 fully saturated rings. The molecule has 23 heavy (non-hydrogen) atoms. The summed E-state index contributed by atoms with van der Waals surface area (Å²) >= 11 is 0. The third kappa shape index (κ3) is 2.17. The fourth-order valence-electron chi connectivity index (χ4n) is 3.23. The Morgan fingerprint density at radius 1 is 1.04 bits per heavy atom. The van der Waals surface area contributed by atoms with E-state index < -0.39 is 0 Å². The first kappa shape index (κ1) is 13.0. The molecule has 0 radical (unpaired) electrons. The van der Waals surface area contributed by atoms with Crippen molar-refractivity contribution in [1.82, 2.24) is 24.6 Å². The zero-order chi connectivity index (χ0) is 15.4. The van der Waals surface area contributed by atoms with Crippen molar-refractivity contribution in [3.63, 3.8) is 0 Å². The Bertz CT molecular complexity index is 876. The van der Waals surface area contributed by atoms with Crippen LogP contribution in [0.15, 0.2) is 30.5 Å². The van der Waals surface area contributed by atoms with Gasteiger partial charge >= 0.3 is 0 Å². The van der Waals surface area contributed by atoms with Crippen molar-refractivity contribution in [3.8, 4) is 0 Å². The van der Waals surface area contributed by atoms with Gasteiger partial charge in [0.2, 0.25) is 0 Å². The van der Waals surface area contributed by atoms with Gasteiger partial charge in [0, 0.05) is 37.0 Å². The number of pyridine rings is 1. The Morgan fingerprint density at radius 3 is 2.74 bits per heavy atom. The molecular formula is C17H18N6. The van der Waals surface area contributed by atoms with Crippen LogP contribution in [0.2, 0.25) is 0 Å². The van der Waals surface area contributed by atoms with Crippen LogP contribution < -0.4 is 4.90 Å². The highest BCUT2D eigenvalue weighted by Crippen LogP contribution is 2.39. The molecular weight excluding hydrogens is 288 g/mol. The molecule has 3 aromatic heterocycles. The number of anilines is 1. The van der Waals surface area contributed by atoms with Gasteiger partial charge in [0.25, 0.3) is 0 Å². The normalized spacial score (nSPS) is 18.4. The van der Waals surface area contributed by atoms with E-state index in [0.29, 0.717) is 11.8 Å². The second kappa shape index (κ2) is 4.75. The Hall–Kier alpha value is -2.50. The van der Waals surface area contributed by atoms with Gasteiger partial charge in [-0.3, -0.25) is 4.40 Å². The summed E-state index contributed by atoms with van der Waals surface area (Å²) in [5.41, 5.74) is 1.98. The van der Waals surface area contributed by atoms with Crippen molar-refractivity contribution in [2.75, 3.05) is 18.0 Å². The first-order chi connectivity index (χ1) is 11.3. The van der Waals surface area contributed by atoms with Crippen molar-refractivity contribution >= 4 is 11.5 Å². The minimum atomic E-state index is 0.409. The van der Waals surface area contributed by atoms with E-state index in [1.54, 1.807) is 0 Å². The van der Waals surface area contributed by atoms with Crippen LogP contribution in [0.1, 0.15) is 42.0 Å². The molecule has 0 N–H and O–H groups in total. The average Bonchev–Trinajstić information content (AvgIpc) is 3.28. The molecule has 0 amide bonds. The Kier molecular flexibility index (Phi) is 2.68. The first-order valence-electron chi connectivity index (χ1n) is 8.18. The summed E-state index contributed by atoms with van der Waals surface area (Å²) in [6, 6.07) is 8.09. The standard InChI is InChI=1S/C17H18N6/c1-11-8-15(19-16(18-11)12-5-6-12)22-9-13(10-22)17-21-20-14-4-2-3-7-23(14)17/h2-4,7-8,12-13H,5-6,9-10H2,1H3. The summed E-state index contributed by atoms with van der Waals surface area (Å²) in [4.78, 5) is 11.7. The summed E-state index contributed by atoms with van der Waals surface area (Å²) < 4.78 is 2.09. The zero-order valence-corrected chi connectivity index (χ0v) is 13.1. The van der Waals surface area contributed by atoms with E-state index in [9.17, 15) is 0 Å². The highest BCUT2D eigenvalue weighted by molar-refractivity contribution is 5.46. The number of nitrogens with zero attached hydrogens (tertiary/aromatic N) is 6. The van der Waals surface area contributed by atoms with Gasteiger partial charge in [-0.25, -0.2) is 9.97 Å². The number of aryl methyl sites for hydroxylation is 1. The Morgan fingerprint density at radius 2 is 1.91 bits per heavy atom. The van der Waals surface area contributed by atoms with Crippen LogP contribution in [-0.2, 0) is 0 Å². The van der Waals surface area contributed by atoms with Crippen LogP contribution in [0.3, 0.4) is 0 Å². The summed E-state index contributed by atoms with van der Waals surface area (Å²) in [5, 5.41) is 8.62. The third-order valence-corrected chi connectivity index (χ3v) is 4.71. The maximum atomic E-state index is 4.77. The Labute approximate surface area is 134 Å². The van der Waals surface area contributed by atoms with E-state index >= 15 is 0 Å². The van der Waals surface area contributed by atoms with E-state index in [-0.39, 0.29) is 0 Å². The van der Waals surface area contributed by atoms with E-state index in [4.69, 9.17) is 4.98 Å². The molecule has 0 spiro atoms. The molecule has 0 bridgehead atoms. The minimum absolute atomic E-state index is 0.409. The quantitative estimate of drug-likeness (QED) is 0.743. The topological polar surface area (TPSA) is 59.2 Å². The van der Waals surface area contributed by atoms with E-state index in [1.165, 1.54) is 12.8 Å². The Balaban J connectivity index is 1.38. The number of hydrogen-bond acceptors (Lipinski definition) is 5. The maximum absolute atomic E-state index is 4.77. The molecule has 4 heterocycles. The second-order valence-electron chi connectivity index (χ2n) is 6.59. The minimum Gasteiger partial charge on any atom is -0.355 e. The number of fused-ring (bicyclic) bond motifs is 1. The molecule has 6 nitrogen and oxygen atoms in total. The van der Waals surface area contributed by atoms with Crippen LogP contribution in [-0.4, -0.2) is 37.7 Å². The van der Waals surface area contributed by atoms with Crippen molar-refractivity contribution < 1.29 is 0 Å². The van der Waals surface area contributed by atoms with E-state index in [0.717, 1.165) is 41.9 Å². The second-order valence-corrected chi connectivity index (χ2v) is 6.59. The average molecular weight is 306 g/mol. The van der Waals surface area contributed by atoms with E-state index in [1.807, 2.05) is 24.4 Å². The van der Waals surface area contributed by atoms with Crippen LogP contribution in [0.4, 0.5) is 5.82 Å². The lowest BCUT2D eigenvalue weighted by Gasteiger charge is -2.39. The van der Waals surface area contributed by atoms with Gasteiger partial charge < -0.3 is 4.90 Å². The van der Waals surface area contributed by atoms with Crippen LogP contribution in [0.25, 0.3) is 5.65 Å².